The van der Waals surface area contributed by atoms with Gasteiger partial charge in [-0.3, -0.25) is 10.0 Å². The third-order valence-electron chi connectivity index (χ3n) is 4.15. The summed E-state index contributed by atoms with van der Waals surface area (Å²) in [7, 11) is 1.13. The van der Waals surface area contributed by atoms with Gasteiger partial charge in [0, 0.05) is 24.4 Å². The highest BCUT2D eigenvalue weighted by Crippen LogP contribution is 2.25. The van der Waals surface area contributed by atoms with Crippen molar-refractivity contribution in [2.45, 2.75) is 13.3 Å². The number of nitrogens with two attached hydrogens (primary N) is 1. The Kier molecular flexibility index (Phi) is 5.81. The number of hydrogen-bond acceptors (Lipinski definition) is 6. The number of hydrogen-bond donors (Lipinski definition) is 2. The van der Waals surface area contributed by atoms with Crippen molar-refractivity contribution in [3.05, 3.63) is 71.1 Å². The molecule has 2 aromatic heterocycles. The summed E-state index contributed by atoms with van der Waals surface area (Å²) in [5, 5.41) is 9.59. The molecule has 3 rings (SSSR count). The number of halogens is 1. The predicted molar refractivity (Wildman–Crippen MR) is 105 cm³/mol. The minimum Gasteiger partial charge on any atom is -0.384 e. The van der Waals surface area contributed by atoms with Crippen LogP contribution in [-0.2, 0) is 6.42 Å². The zero-order valence-electron chi connectivity index (χ0n) is 15.8. The standard InChI is InChI=1S/C21H18FN5O2/c1-3-18-16(7-4-13-5-9-19(23)24-11-13)20(26-12-25-18)14-6-8-15(17(22)10-14)21(28)27(2)29/h5-6,8-12,29H,3H2,1-2H3,(H2,23,24). The summed E-state index contributed by atoms with van der Waals surface area (Å²) < 4.78 is 14.5. The van der Waals surface area contributed by atoms with Crippen LogP contribution in [0.2, 0.25) is 0 Å². The molecule has 0 radical (unpaired) electrons. The van der Waals surface area contributed by atoms with E-state index in [-0.39, 0.29) is 5.56 Å². The third kappa shape index (κ3) is 4.36. The lowest BCUT2D eigenvalue weighted by molar-refractivity contribution is -0.0378. The number of nitrogens with zero attached hydrogens (tertiary/aromatic N) is 4. The van der Waals surface area contributed by atoms with E-state index >= 15 is 0 Å². The Morgan fingerprint density at radius 1 is 1.21 bits per heavy atom. The van der Waals surface area contributed by atoms with Gasteiger partial charge in [0.05, 0.1) is 22.5 Å². The number of pyridine rings is 1. The van der Waals surface area contributed by atoms with Crippen LogP contribution in [0.3, 0.4) is 0 Å². The minimum atomic E-state index is -0.846. The number of aryl methyl sites for hydroxylation is 1. The number of hydroxylamine groups is 2. The molecule has 1 aromatic carbocycles. The Hall–Kier alpha value is -3.83. The molecule has 7 nitrogen and oxygen atoms in total. The smallest absolute Gasteiger partial charge is 0.279 e. The van der Waals surface area contributed by atoms with Gasteiger partial charge in [0.25, 0.3) is 5.91 Å². The summed E-state index contributed by atoms with van der Waals surface area (Å²) in [5.74, 6) is 4.82. The van der Waals surface area contributed by atoms with Gasteiger partial charge in [-0.2, -0.15) is 0 Å². The molecule has 3 aromatic rings. The van der Waals surface area contributed by atoms with Crippen molar-refractivity contribution in [2.24, 2.45) is 0 Å². The van der Waals surface area contributed by atoms with Crippen LogP contribution < -0.4 is 5.73 Å². The van der Waals surface area contributed by atoms with Crippen molar-refractivity contribution >= 4 is 11.7 Å². The average Bonchev–Trinajstić information content (AvgIpc) is 2.72. The van der Waals surface area contributed by atoms with Crippen LogP contribution in [-0.4, -0.2) is 38.2 Å². The highest BCUT2D eigenvalue weighted by atomic mass is 19.1. The summed E-state index contributed by atoms with van der Waals surface area (Å²) in [6, 6.07) is 7.44. The van der Waals surface area contributed by atoms with Gasteiger partial charge < -0.3 is 5.73 Å². The molecule has 3 N–H and O–H groups in total. The van der Waals surface area contributed by atoms with Crippen molar-refractivity contribution in [2.75, 3.05) is 12.8 Å². The molecule has 29 heavy (non-hydrogen) atoms. The maximum Gasteiger partial charge on any atom is 0.279 e. The van der Waals surface area contributed by atoms with Gasteiger partial charge in [-0.05, 0) is 30.7 Å². The van der Waals surface area contributed by atoms with Gasteiger partial charge in [0.1, 0.15) is 18.0 Å². The molecule has 0 saturated heterocycles. The molecular formula is C21H18FN5O2. The highest BCUT2D eigenvalue weighted by molar-refractivity contribution is 5.94. The van der Waals surface area contributed by atoms with Crippen molar-refractivity contribution < 1.29 is 14.4 Å². The lowest BCUT2D eigenvalue weighted by Crippen LogP contribution is -2.23. The summed E-state index contributed by atoms with van der Waals surface area (Å²) >= 11 is 0. The van der Waals surface area contributed by atoms with Crippen LogP contribution in [0.4, 0.5) is 10.2 Å². The molecule has 0 aliphatic carbocycles. The average molecular weight is 391 g/mol. The first-order chi connectivity index (χ1) is 13.9. The molecule has 0 spiro atoms. The van der Waals surface area contributed by atoms with E-state index in [1.54, 1.807) is 24.4 Å². The number of rotatable bonds is 3. The van der Waals surface area contributed by atoms with Gasteiger partial charge in [-0.1, -0.05) is 24.8 Å². The van der Waals surface area contributed by atoms with Crippen LogP contribution in [0.5, 0.6) is 0 Å². The topological polar surface area (TPSA) is 105 Å². The molecule has 2 heterocycles. The fourth-order valence-electron chi connectivity index (χ4n) is 2.66. The van der Waals surface area contributed by atoms with Gasteiger partial charge >= 0.3 is 0 Å². The van der Waals surface area contributed by atoms with Crippen LogP contribution in [0.1, 0.15) is 34.1 Å². The molecule has 0 aliphatic rings. The number of amides is 1. The zero-order chi connectivity index (χ0) is 21.0. The van der Waals surface area contributed by atoms with E-state index in [2.05, 4.69) is 26.8 Å². The molecule has 0 bridgehead atoms. The summed E-state index contributed by atoms with van der Waals surface area (Å²) in [6.45, 7) is 1.93. The number of carbonyl (C=O) groups is 1. The molecule has 0 unspecified atom stereocenters. The van der Waals surface area contributed by atoms with E-state index in [0.29, 0.717) is 45.4 Å². The van der Waals surface area contributed by atoms with Crippen LogP contribution in [0, 0.1) is 17.7 Å². The van der Waals surface area contributed by atoms with E-state index in [1.165, 1.54) is 18.5 Å². The molecule has 0 saturated carbocycles. The first kappa shape index (κ1) is 19.9. The normalized spacial score (nSPS) is 10.2. The van der Waals surface area contributed by atoms with Crippen molar-refractivity contribution in [1.29, 1.82) is 0 Å². The fourth-order valence-corrected chi connectivity index (χ4v) is 2.66. The summed E-state index contributed by atoms with van der Waals surface area (Å²) in [4.78, 5) is 24.4. The SMILES string of the molecule is CCc1ncnc(-c2ccc(C(=O)N(C)O)c(F)c2)c1C#Cc1ccc(N)nc1. The van der Waals surface area contributed by atoms with Crippen molar-refractivity contribution in [1.82, 2.24) is 20.0 Å². The van der Waals surface area contributed by atoms with E-state index < -0.39 is 11.7 Å². The van der Waals surface area contributed by atoms with Gasteiger partial charge in [-0.25, -0.2) is 24.4 Å². The number of carbonyl (C=O) groups excluding carboxylic acids is 1. The monoisotopic (exact) mass is 391 g/mol. The second-order valence-electron chi connectivity index (χ2n) is 6.14. The minimum absolute atomic E-state index is 0.246. The fraction of sp³-hybridized carbons (Fsp3) is 0.143. The Balaban J connectivity index is 2.08. The van der Waals surface area contributed by atoms with E-state index in [1.807, 2.05) is 6.92 Å². The number of nitrogen functional groups attached to an aromatic ring is 1. The molecule has 0 fully saturated rings. The van der Waals surface area contributed by atoms with Crippen molar-refractivity contribution in [3.8, 4) is 23.1 Å². The lowest BCUT2D eigenvalue weighted by atomic mass is 10.0. The number of anilines is 1. The first-order valence-corrected chi connectivity index (χ1v) is 8.75. The van der Waals surface area contributed by atoms with E-state index in [4.69, 9.17) is 5.73 Å². The second-order valence-corrected chi connectivity index (χ2v) is 6.14. The summed E-state index contributed by atoms with van der Waals surface area (Å²) in [5.41, 5.74) is 8.16. The molecular weight excluding hydrogens is 373 g/mol. The largest absolute Gasteiger partial charge is 0.384 e. The first-order valence-electron chi connectivity index (χ1n) is 8.75. The van der Waals surface area contributed by atoms with Crippen LogP contribution in [0.15, 0.2) is 42.9 Å². The maximum atomic E-state index is 14.5. The van der Waals surface area contributed by atoms with E-state index in [9.17, 15) is 14.4 Å². The second kappa shape index (κ2) is 8.46. The van der Waals surface area contributed by atoms with E-state index in [0.717, 1.165) is 7.05 Å². The molecule has 0 atom stereocenters. The lowest BCUT2D eigenvalue weighted by Gasteiger charge is -2.11. The number of aromatic nitrogens is 3. The Morgan fingerprint density at radius 3 is 2.62 bits per heavy atom. The predicted octanol–water partition coefficient (Wildman–Crippen LogP) is 2.68. The molecule has 0 aliphatic heterocycles. The van der Waals surface area contributed by atoms with Crippen molar-refractivity contribution in [3.63, 3.8) is 0 Å². The Bertz CT molecular complexity index is 1120. The summed E-state index contributed by atoms with van der Waals surface area (Å²) in [6.07, 6.45) is 3.55. The molecule has 146 valence electrons. The zero-order valence-corrected chi connectivity index (χ0v) is 15.8. The van der Waals surface area contributed by atoms with Crippen LogP contribution >= 0.6 is 0 Å². The quantitative estimate of drug-likeness (QED) is 0.404. The highest BCUT2D eigenvalue weighted by Gasteiger charge is 2.17. The van der Waals surface area contributed by atoms with Crippen LogP contribution in [0.25, 0.3) is 11.3 Å². The van der Waals surface area contributed by atoms with Gasteiger partial charge in [-0.15, -0.1) is 0 Å². The molecule has 8 heteroatoms. The molecule has 1 amide bonds. The maximum absolute atomic E-state index is 14.5. The van der Waals surface area contributed by atoms with Gasteiger partial charge in [0.2, 0.25) is 0 Å². The third-order valence-corrected chi connectivity index (χ3v) is 4.15. The Labute approximate surface area is 167 Å². The number of benzene rings is 1. The van der Waals surface area contributed by atoms with Gasteiger partial charge in [0.15, 0.2) is 0 Å². The Morgan fingerprint density at radius 2 is 2.00 bits per heavy atom.